The largest absolute Gasteiger partial charge is 0.756 e. The third-order valence-corrected chi connectivity index (χ3v) is 12.7. The molecule has 3 fully saturated rings. The van der Waals surface area contributed by atoms with Crippen molar-refractivity contribution in [1.29, 1.82) is 0 Å². The Hall–Kier alpha value is -3.38. The maximum absolute atomic E-state index is 13.2. The van der Waals surface area contributed by atoms with Gasteiger partial charge in [0.05, 0.1) is 26.4 Å². The second-order valence-corrected chi connectivity index (χ2v) is 18.5. The number of hydrogen-bond acceptors (Lipinski definition) is 22. The van der Waals surface area contributed by atoms with Crippen LogP contribution in [0.1, 0.15) is 104 Å². The van der Waals surface area contributed by atoms with Crippen LogP contribution in [-0.4, -0.2) is 186 Å². The maximum atomic E-state index is 13.2. The lowest BCUT2D eigenvalue weighted by atomic mass is 9.94. The Morgan fingerprint density at radius 2 is 1.24 bits per heavy atom. The van der Waals surface area contributed by atoms with Crippen molar-refractivity contribution in [2.75, 3.05) is 39.6 Å². The predicted octanol–water partition coefficient (Wildman–Crippen LogP) is -1.39. The Bertz CT molecular complexity index is 1690. The summed E-state index contributed by atoms with van der Waals surface area (Å²) in [6.07, 6.45) is -11.2. The highest BCUT2D eigenvalue weighted by Gasteiger charge is 2.57. The molecule has 12 N–H and O–H groups in total. The number of carbonyl (C=O) groups excluding carboxylic acids is 4. The number of nitrogens with one attached hydrogen (secondary N) is 2. The number of carbonyl (C=O) groups is 4. The van der Waals surface area contributed by atoms with Gasteiger partial charge in [-0.05, 0) is 12.0 Å². The van der Waals surface area contributed by atoms with E-state index in [4.69, 9.17) is 59.2 Å². The molecule has 0 radical (unpaired) electrons. The van der Waals surface area contributed by atoms with Gasteiger partial charge in [0, 0.05) is 18.4 Å². The Morgan fingerprint density at radius 3 is 1.77 bits per heavy atom. The van der Waals surface area contributed by atoms with Gasteiger partial charge >= 0.3 is 6.09 Å². The van der Waals surface area contributed by atoms with E-state index in [-0.39, 0.29) is 6.61 Å². The van der Waals surface area contributed by atoms with Crippen LogP contribution in [0.2, 0.25) is 0 Å². The highest BCUT2D eigenvalue weighted by molar-refractivity contribution is 7.45. The Balaban J connectivity index is 1.71. The SMILES string of the molecule is CCCCCCCCCCCCCCCCOCCOP(=O)([O-])O[C@@H]1OC(C(N)=O)[C@@H](O)[C@H](OC(N)=O)C1O[C@@H]1OC(CO)[C@@H](O[C@@H]2OC(CO)[C@H](O)[C@H](O)C2NC(=O)CN=[N+]=[N-])[C@H](O)C1NC(C)=O. The van der Waals surface area contributed by atoms with Crippen LogP contribution in [0.4, 0.5) is 4.79 Å². The number of nitrogens with zero attached hydrogens (tertiary/aromatic N) is 3. The van der Waals surface area contributed by atoms with E-state index in [1.807, 2.05) is 0 Å². The Morgan fingerprint density at radius 1 is 0.700 bits per heavy atom. The van der Waals surface area contributed by atoms with Crippen LogP contribution in [0.25, 0.3) is 10.4 Å². The number of phosphoric ester groups is 1. The zero-order chi connectivity index (χ0) is 51.8. The van der Waals surface area contributed by atoms with Gasteiger partial charge in [0.15, 0.2) is 37.2 Å². The summed E-state index contributed by atoms with van der Waals surface area (Å²) in [6.45, 7) is 0.0452. The third-order valence-electron chi connectivity index (χ3n) is 11.7. The average Bonchev–Trinajstić information content (AvgIpc) is 3.30. The first-order chi connectivity index (χ1) is 33.4. The molecular weight excluding hydrogens is 957 g/mol. The van der Waals surface area contributed by atoms with Crippen molar-refractivity contribution >= 4 is 31.6 Å². The number of nitrogens with two attached hydrogens (primary N) is 2. The molecule has 404 valence electrons. The van der Waals surface area contributed by atoms with Crippen molar-refractivity contribution in [1.82, 2.24) is 10.6 Å². The number of unbranched alkanes of at least 4 members (excludes halogenated alkanes) is 13. The lowest BCUT2D eigenvalue weighted by Gasteiger charge is -2.50. The lowest BCUT2D eigenvalue weighted by molar-refractivity contribution is -0.361. The number of amides is 4. The molecule has 0 aliphatic carbocycles. The van der Waals surface area contributed by atoms with Crippen LogP contribution in [0, 0.1) is 0 Å². The molecule has 3 heterocycles. The minimum atomic E-state index is -5.50. The van der Waals surface area contributed by atoms with Crippen molar-refractivity contribution in [3.05, 3.63) is 10.4 Å². The van der Waals surface area contributed by atoms with Crippen LogP contribution in [0.3, 0.4) is 0 Å². The summed E-state index contributed by atoms with van der Waals surface area (Å²) in [5.74, 6) is -3.25. The molecule has 0 aromatic rings. The maximum Gasteiger partial charge on any atom is 0.404 e. The molecule has 70 heavy (non-hydrogen) atoms. The molecule has 3 saturated heterocycles. The molecule has 3 aliphatic heterocycles. The summed E-state index contributed by atoms with van der Waals surface area (Å²) < 4.78 is 62.6. The lowest BCUT2D eigenvalue weighted by Crippen LogP contribution is -2.70. The van der Waals surface area contributed by atoms with Gasteiger partial charge in [-0.15, -0.1) is 0 Å². The fourth-order valence-corrected chi connectivity index (χ4v) is 8.93. The molecular formula is C41H73N7O21P-. The quantitative estimate of drug-likeness (QED) is 0.0119. The van der Waals surface area contributed by atoms with Crippen molar-refractivity contribution in [2.24, 2.45) is 16.6 Å². The van der Waals surface area contributed by atoms with E-state index in [0.717, 1.165) is 39.0 Å². The van der Waals surface area contributed by atoms with E-state index < -0.39 is 150 Å². The summed E-state index contributed by atoms with van der Waals surface area (Å²) in [4.78, 5) is 65.3. The number of aliphatic hydroxyl groups excluding tert-OH is 6. The van der Waals surface area contributed by atoms with E-state index in [1.54, 1.807) is 0 Å². The minimum Gasteiger partial charge on any atom is -0.756 e. The third kappa shape index (κ3) is 19.9. The first-order valence-electron chi connectivity index (χ1n) is 23.6. The standard InChI is InChI=1S/C41H74N7O21P/c1-3-4-5-6-7-8-9-10-11-12-13-14-15-16-17-61-18-19-62-70(59,60)69-40-36(34(68-41(43)58)32(56)35(66-40)37(42)57)67-39-28(46-23(2)51)31(55)33(25(22-50)64-39)65-38-27(47-26(52)20-45-48-44)30(54)29(53)24(21-49)63-38/h24-25,27-36,38-40,49-50,53-56H,3-22H2,1-2H3,(H2,42,57)(H2,43,58)(H,46,51)(H,47,52)(H,59,60)/p-1/t24?,25?,27?,28?,29-,30+,31+,32-,33+,34-,35?,36?,38-,39-,40-/m0/s1. The topological polar surface area (TPSA) is 438 Å². The number of ether oxygens (including phenoxy) is 7. The molecule has 3 aliphatic rings. The monoisotopic (exact) mass is 1030 g/mol. The van der Waals surface area contributed by atoms with Crippen molar-refractivity contribution in [3.8, 4) is 0 Å². The fraction of sp³-hybridized carbons (Fsp3) is 0.902. The molecule has 0 saturated carbocycles. The second-order valence-electron chi connectivity index (χ2n) is 17.1. The van der Waals surface area contributed by atoms with E-state index in [2.05, 4.69) is 27.6 Å². The Kier molecular flexibility index (Phi) is 27.8. The molecule has 7 unspecified atom stereocenters. The number of phosphoric acid groups is 1. The number of azide groups is 1. The summed E-state index contributed by atoms with van der Waals surface area (Å²) in [7, 11) is -5.50. The van der Waals surface area contributed by atoms with Crippen LogP contribution < -0.4 is 27.0 Å². The highest BCUT2D eigenvalue weighted by Crippen LogP contribution is 2.44. The van der Waals surface area contributed by atoms with Gasteiger partial charge in [-0.2, -0.15) is 0 Å². The predicted molar refractivity (Wildman–Crippen MR) is 237 cm³/mol. The summed E-state index contributed by atoms with van der Waals surface area (Å²) >= 11 is 0. The number of rotatable bonds is 33. The van der Waals surface area contributed by atoms with Crippen molar-refractivity contribution in [3.63, 3.8) is 0 Å². The molecule has 0 spiro atoms. The van der Waals surface area contributed by atoms with Gasteiger partial charge in [0.2, 0.25) is 17.7 Å². The minimum absolute atomic E-state index is 0.192. The molecule has 0 aromatic carbocycles. The average molecular weight is 1030 g/mol. The van der Waals surface area contributed by atoms with Gasteiger partial charge in [-0.1, -0.05) is 95.5 Å². The second kappa shape index (κ2) is 31.9. The van der Waals surface area contributed by atoms with Gasteiger partial charge in [-0.25, -0.2) is 4.79 Å². The molecule has 16 atom stereocenters. The van der Waals surface area contributed by atoms with Crippen LogP contribution in [0.15, 0.2) is 5.11 Å². The number of primary amides is 2. The summed E-state index contributed by atoms with van der Waals surface area (Å²) in [6, 6.07) is -3.53. The van der Waals surface area contributed by atoms with Gasteiger partial charge in [-0.3, -0.25) is 23.5 Å². The van der Waals surface area contributed by atoms with Gasteiger partial charge in [0.25, 0.3) is 7.82 Å². The first-order valence-corrected chi connectivity index (χ1v) is 25.1. The van der Waals surface area contributed by atoms with Gasteiger partial charge < -0.3 is 95.3 Å². The van der Waals surface area contributed by atoms with Crippen molar-refractivity contribution < 1.29 is 101 Å². The van der Waals surface area contributed by atoms with E-state index in [0.29, 0.717) is 6.61 Å². The molecule has 0 aromatic heterocycles. The zero-order valence-electron chi connectivity index (χ0n) is 39.6. The normalized spacial score (nSPS) is 32.0. The van der Waals surface area contributed by atoms with E-state index >= 15 is 0 Å². The van der Waals surface area contributed by atoms with E-state index in [9.17, 15) is 59.3 Å². The summed E-state index contributed by atoms with van der Waals surface area (Å²) in [5.41, 5.74) is 19.3. The van der Waals surface area contributed by atoms with Crippen molar-refractivity contribution in [2.45, 2.75) is 196 Å². The molecule has 0 bridgehead atoms. The van der Waals surface area contributed by atoms with Crippen LogP contribution >= 0.6 is 7.82 Å². The van der Waals surface area contributed by atoms with Crippen LogP contribution in [-0.2, 0) is 61.2 Å². The summed E-state index contributed by atoms with van der Waals surface area (Å²) in [5, 5.41) is 72.3. The molecule has 4 amide bonds. The smallest absolute Gasteiger partial charge is 0.404 e. The Labute approximate surface area is 405 Å². The number of hydrogen-bond donors (Lipinski definition) is 10. The first kappa shape index (κ1) is 60.9. The number of aliphatic hydroxyl groups is 6. The fourth-order valence-electron chi connectivity index (χ4n) is 8.15. The van der Waals surface area contributed by atoms with Gasteiger partial charge in [0.1, 0.15) is 61.4 Å². The zero-order valence-corrected chi connectivity index (χ0v) is 40.4. The molecule has 28 nitrogen and oxygen atoms in total. The highest BCUT2D eigenvalue weighted by atomic mass is 31.2. The van der Waals surface area contributed by atoms with Crippen LogP contribution in [0.5, 0.6) is 0 Å². The molecule has 29 heteroatoms. The van der Waals surface area contributed by atoms with E-state index in [1.165, 1.54) is 57.8 Å². The molecule has 3 rings (SSSR count).